The van der Waals surface area contributed by atoms with Crippen LogP contribution in [0.2, 0.25) is 0 Å². The van der Waals surface area contributed by atoms with Crippen LogP contribution in [-0.2, 0) is 13.0 Å². The zero-order chi connectivity index (χ0) is 18.1. The zero-order valence-electron chi connectivity index (χ0n) is 15.2. The van der Waals surface area contributed by atoms with E-state index in [4.69, 9.17) is 5.73 Å². The minimum Gasteiger partial charge on any atom is -0.366 e. The van der Waals surface area contributed by atoms with Crippen molar-refractivity contribution in [3.05, 3.63) is 53.2 Å². The van der Waals surface area contributed by atoms with Crippen LogP contribution in [0.5, 0.6) is 0 Å². The first-order valence-corrected chi connectivity index (χ1v) is 9.17. The number of nitrogens with zero attached hydrogens (tertiary/aromatic N) is 4. The highest BCUT2D eigenvalue weighted by molar-refractivity contribution is 6.04. The van der Waals surface area contributed by atoms with Crippen LogP contribution in [0.15, 0.2) is 36.5 Å². The molecule has 4 rings (SSSR count). The second-order valence-corrected chi connectivity index (χ2v) is 7.14. The summed E-state index contributed by atoms with van der Waals surface area (Å²) in [5, 5.41) is 0. The van der Waals surface area contributed by atoms with Crippen molar-refractivity contribution in [3.8, 4) is 0 Å². The van der Waals surface area contributed by atoms with Crippen molar-refractivity contribution in [1.29, 1.82) is 0 Å². The predicted molar refractivity (Wildman–Crippen MR) is 104 cm³/mol. The molecule has 1 aromatic carbocycles. The number of rotatable bonds is 4. The highest BCUT2D eigenvalue weighted by Crippen LogP contribution is 2.37. The Balaban J connectivity index is 1.71. The molecule has 0 bridgehead atoms. The van der Waals surface area contributed by atoms with Crippen LogP contribution in [-0.4, -0.2) is 55.6 Å². The third kappa shape index (κ3) is 3.12. The third-order valence-corrected chi connectivity index (χ3v) is 5.34. The molecule has 6 nitrogen and oxygen atoms in total. The lowest BCUT2D eigenvalue weighted by molar-refractivity contribution is 0.100. The number of likely N-dealkylation sites (N-methyl/N-ethyl adjacent to an activating group) is 1. The van der Waals surface area contributed by atoms with Gasteiger partial charge in [0.05, 0.1) is 5.69 Å². The van der Waals surface area contributed by atoms with Crippen molar-refractivity contribution in [1.82, 2.24) is 9.88 Å². The molecule has 3 heterocycles. The highest BCUT2D eigenvalue weighted by Gasteiger charge is 2.30. The summed E-state index contributed by atoms with van der Waals surface area (Å²) in [4.78, 5) is 23.8. The van der Waals surface area contributed by atoms with Gasteiger partial charge < -0.3 is 20.4 Å². The number of carbonyl (C=O) groups excluding carboxylic acids is 1. The number of hydrogen-bond donors (Lipinski definition) is 1. The average molecular weight is 351 g/mol. The Morgan fingerprint density at radius 1 is 1.12 bits per heavy atom. The van der Waals surface area contributed by atoms with E-state index in [2.05, 4.69) is 38.9 Å². The maximum Gasteiger partial charge on any atom is 0.254 e. The Kier molecular flexibility index (Phi) is 4.51. The van der Waals surface area contributed by atoms with Gasteiger partial charge in [-0.2, -0.15) is 0 Å². The van der Waals surface area contributed by atoms with E-state index in [1.807, 2.05) is 24.4 Å². The normalized spacial score (nSPS) is 17.4. The van der Waals surface area contributed by atoms with Crippen molar-refractivity contribution in [2.24, 2.45) is 5.73 Å². The number of amides is 1. The van der Waals surface area contributed by atoms with Crippen LogP contribution in [0.3, 0.4) is 0 Å². The van der Waals surface area contributed by atoms with Gasteiger partial charge in [0.15, 0.2) is 0 Å². The number of anilines is 2. The molecular weight excluding hydrogens is 326 g/mol. The Hall–Kier alpha value is -2.60. The summed E-state index contributed by atoms with van der Waals surface area (Å²) in [5.41, 5.74) is 9.74. The molecule has 1 amide bonds. The Morgan fingerprint density at radius 3 is 2.54 bits per heavy atom. The molecule has 0 aliphatic carbocycles. The van der Waals surface area contributed by atoms with Gasteiger partial charge in [-0.25, -0.2) is 4.98 Å². The smallest absolute Gasteiger partial charge is 0.254 e. The average Bonchev–Trinajstić information content (AvgIpc) is 3.05. The van der Waals surface area contributed by atoms with E-state index in [-0.39, 0.29) is 5.91 Å². The number of carbonyl (C=O) groups is 1. The van der Waals surface area contributed by atoms with E-state index in [0.29, 0.717) is 5.56 Å². The van der Waals surface area contributed by atoms with E-state index in [9.17, 15) is 4.79 Å². The molecule has 2 aliphatic rings. The number of piperazine rings is 1. The van der Waals surface area contributed by atoms with Crippen LogP contribution in [0, 0.1) is 0 Å². The molecule has 2 aromatic rings. The molecule has 1 saturated heterocycles. The van der Waals surface area contributed by atoms with Crippen molar-refractivity contribution in [3.63, 3.8) is 0 Å². The standard InChI is InChI=1S/C20H25N5O/c1-23-9-11-24(12-10-23)20-17(19(21)26)18-16(13-22-20)7-8-25(18)14-15-5-3-2-4-6-15/h2-6,13H,7-12,14H2,1H3,(H2,21,26). The first-order chi connectivity index (χ1) is 12.6. The second-order valence-electron chi connectivity index (χ2n) is 7.14. The van der Waals surface area contributed by atoms with E-state index in [1.165, 1.54) is 5.56 Å². The number of nitrogens with two attached hydrogens (primary N) is 1. The molecule has 26 heavy (non-hydrogen) atoms. The highest BCUT2D eigenvalue weighted by atomic mass is 16.1. The van der Waals surface area contributed by atoms with Crippen molar-refractivity contribution >= 4 is 17.4 Å². The Labute approximate surface area is 154 Å². The summed E-state index contributed by atoms with van der Waals surface area (Å²) in [6, 6.07) is 10.3. The van der Waals surface area contributed by atoms with Gasteiger partial charge in [0.2, 0.25) is 0 Å². The first kappa shape index (κ1) is 16.8. The van der Waals surface area contributed by atoms with E-state index in [1.54, 1.807) is 0 Å². The van der Waals surface area contributed by atoms with Crippen molar-refractivity contribution < 1.29 is 4.79 Å². The lowest BCUT2D eigenvalue weighted by Crippen LogP contribution is -2.45. The molecule has 0 atom stereocenters. The van der Waals surface area contributed by atoms with Gasteiger partial charge in [-0.15, -0.1) is 0 Å². The van der Waals surface area contributed by atoms with E-state index in [0.717, 1.165) is 62.8 Å². The summed E-state index contributed by atoms with van der Waals surface area (Å²) in [7, 11) is 2.12. The summed E-state index contributed by atoms with van der Waals surface area (Å²) in [6.45, 7) is 5.32. The lowest BCUT2D eigenvalue weighted by atomic mass is 10.1. The molecule has 136 valence electrons. The van der Waals surface area contributed by atoms with Crippen LogP contribution < -0.4 is 15.5 Å². The molecule has 6 heteroatoms. The fraction of sp³-hybridized carbons (Fsp3) is 0.400. The largest absolute Gasteiger partial charge is 0.366 e. The molecule has 1 fully saturated rings. The first-order valence-electron chi connectivity index (χ1n) is 9.17. The summed E-state index contributed by atoms with van der Waals surface area (Å²) >= 11 is 0. The quantitative estimate of drug-likeness (QED) is 0.904. The van der Waals surface area contributed by atoms with E-state index < -0.39 is 0 Å². The summed E-state index contributed by atoms with van der Waals surface area (Å²) in [6.07, 6.45) is 2.83. The SMILES string of the molecule is CN1CCN(c2ncc3c(c2C(N)=O)N(Cc2ccccc2)CC3)CC1. The van der Waals surface area contributed by atoms with Gasteiger partial charge in [0.1, 0.15) is 11.4 Å². The van der Waals surface area contributed by atoms with Gasteiger partial charge >= 0.3 is 0 Å². The van der Waals surface area contributed by atoms with Gasteiger partial charge in [-0.05, 0) is 24.6 Å². The number of aromatic nitrogens is 1. The molecule has 0 unspecified atom stereocenters. The number of primary amides is 1. The summed E-state index contributed by atoms with van der Waals surface area (Å²) < 4.78 is 0. The lowest BCUT2D eigenvalue weighted by Gasteiger charge is -2.34. The summed E-state index contributed by atoms with van der Waals surface area (Å²) in [5.74, 6) is 0.354. The van der Waals surface area contributed by atoms with Crippen LogP contribution in [0.1, 0.15) is 21.5 Å². The van der Waals surface area contributed by atoms with Crippen molar-refractivity contribution in [2.75, 3.05) is 49.6 Å². The molecule has 0 spiro atoms. The Morgan fingerprint density at radius 2 is 1.85 bits per heavy atom. The fourth-order valence-corrected chi connectivity index (χ4v) is 3.89. The minimum atomic E-state index is -0.386. The molecule has 2 N–H and O–H groups in total. The molecular formula is C20H25N5O. The minimum absolute atomic E-state index is 0.386. The monoisotopic (exact) mass is 351 g/mol. The molecule has 1 aromatic heterocycles. The second kappa shape index (κ2) is 6.96. The number of pyridine rings is 1. The maximum atomic E-state index is 12.4. The molecule has 0 saturated carbocycles. The number of benzene rings is 1. The van der Waals surface area contributed by atoms with Gasteiger partial charge in [-0.1, -0.05) is 30.3 Å². The Bertz CT molecular complexity index is 799. The van der Waals surface area contributed by atoms with Crippen LogP contribution in [0.25, 0.3) is 0 Å². The van der Waals surface area contributed by atoms with Crippen LogP contribution in [0.4, 0.5) is 11.5 Å². The predicted octanol–water partition coefficient (Wildman–Crippen LogP) is 1.49. The fourth-order valence-electron chi connectivity index (χ4n) is 3.89. The van der Waals surface area contributed by atoms with Crippen molar-refractivity contribution in [2.45, 2.75) is 13.0 Å². The number of hydrogen-bond acceptors (Lipinski definition) is 5. The van der Waals surface area contributed by atoms with E-state index >= 15 is 0 Å². The zero-order valence-corrected chi connectivity index (χ0v) is 15.2. The molecule has 0 radical (unpaired) electrons. The maximum absolute atomic E-state index is 12.4. The van der Waals surface area contributed by atoms with Crippen LogP contribution >= 0.6 is 0 Å². The van der Waals surface area contributed by atoms with Gasteiger partial charge in [0, 0.05) is 45.5 Å². The molecule has 2 aliphatic heterocycles. The topological polar surface area (TPSA) is 65.7 Å². The van der Waals surface area contributed by atoms with Gasteiger partial charge in [0.25, 0.3) is 5.91 Å². The third-order valence-electron chi connectivity index (χ3n) is 5.34. The number of fused-ring (bicyclic) bond motifs is 1. The van der Waals surface area contributed by atoms with Gasteiger partial charge in [-0.3, -0.25) is 4.79 Å².